The van der Waals surface area contributed by atoms with E-state index in [-0.39, 0.29) is 24.3 Å². The van der Waals surface area contributed by atoms with E-state index < -0.39 is 6.43 Å². The van der Waals surface area contributed by atoms with Crippen molar-refractivity contribution in [3.8, 4) is 6.07 Å². The first-order chi connectivity index (χ1) is 7.10. The number of nitrogen functional groups attached to an aromatic ring is 1. The summed E-state index contributed by atoms with van der Waals surface area (Å²) >= 11 is 0. The number of aromatic nitrogens is 1. The lowest BCUT2D eigenvalue weighted by Gasteiger charge is -2.09. The molecule has 0 radical (unpaired) electrons. The van der Waals surface area contributed by atoms with Gasteiger partial charge < -0.3 is 11.5 Å². The lowest BCUT2D eigenvalue weighted by molar-refractivity contribution is 0.152. The van der Waals surface area contributed by atoms with Crippen molar-refractivity contribution >= 4 is 5.82 Å². The molecule has 0 atom stereocenters. The Morgan fingerprint density at radius 3 is 2.67 bits per heavy atom. The molecule has 15 heavy (non-hydrogen) atoms. The van der Waals surface area contributed by atoms with E-state index in [9.17, 15) is 8.78 Å². The number of rotatable bonds is 3. The molecule has 6 heteroatoms. The molecule has 4 N–H and O–H groups in total. The van der Waals surface area contributed by atoms with Gasteiger partial charge in [-0.05, 0) is 11.6 Å². The third kappa shape index (κ3) is 2.39. The molecule has 0 amide bonds. The lowest BCUT2D eigenvalue weighted by Crippen LogP contribution is -2.09. The Bertz CT molecular complexity index is 398. The van der Waals surface area contributed by atoms with Crippen molar-refractivity contribution in [2.75, 3.05) is 5.73 Å². The van der Waals surface area contributed by atoms with Crippen LogP contribution in [0.2, 0.25) is 0 Å². The maximum Gasteiger partial charge on any atom is 0.267 e. The van der Waals surface area contributed by atoms with Crippen LogP contribution in [0.25, 0.3) is 0 Å². The Morgan fingerprint density at radius 1 is 1.53 bits per heavy atom. The highest BCUT2D eigenvalue weighted by atomic mass is 19.3. The first-order valence-electron chi connectivity index (χ1n) is 4.23. The molecule has 1 aromatic heterocycles. The molecule has 1 heterocycles. The predicted octanol–water partition coefficient (Wildman–Crippen LogP) is 1.13. The third-order valence-electron chi connectivity index (χ3n) is 1.95. The van der Waals surface area contributed by atoms with E-state index in [1.165, 1.54) is 6.07 Å². The molecule has 0 bridgehead atoms. The van der Waals surface area contributed by atoms with Gasteiger partial charge in [-0.3, -0.25) is 0 Å². The summed E-state index contributed by atoms with van der Waals surface area (Å²) in [6, 6.07) is 3.08. The van der Waals surface area contributed by atoms with Crippen LogP contribution in [-0.2, 0) is 13.0 Å². The van der Waals surface area contributed by atoms with Crippen molar-refractivity contribution in [1.82, 2.24) is 4.98 Å². The van der Waals surface area contributed by atoms with Crippen LogP contribution in [-0.4, -0.2) is 4.98 Å². The van der Waals surface area contributed by atoms with Crippen LogP contribution >= 0.6 is 0 Å². The van der Waals surface area contributed by atoms with Crippen LogP contribution in [0, 0.1) is 11.3 Å². The molecule has 0 saturated heterocycles. The Hall–Kier alpha value is -1.74. The molecular formula is C9H10F2N4. The highest BCUT2D eigenvalue weighted by molar-refractivity contribution is 5.45. The van der Waals surface area contributed by atoms with E-state index in [2.05, 4.69) is 4.98 Å². The zero-order valence-corrected chi connectivity index (χ0v) is 7.87. The Balaban J connectivity index is 3.24. The molecule has 0 aliphatic heterocycles. The second kappa shape index (κ2) is 4.66. The fourth-order valence-corrected chi connectivity index (χ4v) is 1.21. The van der Waals surface area contributed by atoms with Crippen LogP contribution in [0.5, 0.6) is 0 Å². The average molecular weight is 212 g/mol. The molecule has 1 aromatic rings. The minimum absolute atomic E-state index is 0.0141. The van der Waals surface area contributed by atoms with Crippen molar-refractivity contribution in [2.24, 2.45) is 5.73 Å². The summed E-state index contributed by atoms with van der Waals surface area (Å²) in [7, 11) is 0. The summed E-state index contributed by atoms with van der Waals surface area (Å²) in [6.45, 7) is 0.0595. The predicted molar refractivity (Wildman–Crippen MR) is 50.8 cm³/mol. The second-order valence-corrected chi connectivity index (χ2v) is 2.91. The van der Waals surface area contributed by atoms with Crippen molar-refractivity contribution in [2.45, 2.75) is 19.4 Å². The third-order valence-corrected chi connectivity index (χ3v) is 1.95. The van der Waals surface area contributed by atoms with Gasteiger partial charge in [0.2, 0.25) is 0 Å². The van der Waals surface area contributed by atoms with Gasteiger partial charge in [0.15, 0.2) is 0 Å². The summed E-state index contributed by atoms with van der Waals surface area (Å²) in [5, 5.41) is 8.49. The molecule has 4 nitrogen and oxygen atoms in total. The number of anilines is 1. The fraction of sp³-hybridized carbons (Fsp3) is 0.333. The molecule has 0 unspecified atom stereocenters. The summed E-state index contributed by atoms with van der Waals surface area (Å²) in [5.41, 5.74) is 11.2. The highest BCUT2D eigenvalue weighted by Gasteiger charge is 2.15. The van der Waals surface area contributed by atoms with Gasteiger partial charge in [-0.15, -0.1) is 0 Å². The zero-order valence-electron chi connectivity index (χ0n) is 7.87. The first-order valence-corrected chi connectivity index (χ1v) is 4.23. The van der Waals surface area contributed by atoms with Gasteiger partial charge in [-0.2, -0.15) is 5.26 Å². The second-order valence-electron chi connectivity index (χ2n) is 2.91. The van der Waals surface area contributed by atoms with Crippen molar-refractivity contribution < 1.29 is 8.78 Å². The normalized spacial score (nSPS) is 10.3. The number of nitrogens with zero attached hydrogens (tertiary/aromatic N) is 2. The van der Waals surface area contributed by atoms with E-state index in [4.69, 9.17) is 16.7 Å². The van der Waals surface area contributed by atoms with Crippen molar-refractivity contribution in [3.05, 3.63) is 22.9 Å². The number of hydrogen-bond acceptors (Lipinski definition) is 4. The number of halogens is 2. The maximum absolute atomic E-state index is 12.4. The largest absolute Gasteiger partial charge is 0.383 e. The number of nitrogens with two attached hydrogens (primary N) is 2. The first kappa shape index (κ1) is 11.3. The summed E-state index contributed by atoms with van der Waals surface area (Å²) < 4.78 is 24.9. The number of pyridine rings is 1. The van der Waals surface area contributed by atoms with Gasteiger partial charge in [0.05, 0.1) is 23.7 Å². The smallest absolute Gasteiger partial charge is 0.267 e. The number of nitriles is 1. The van der Waals surface area contributed by atoms with Gasteiger partial charge >= 0.3 is 0 Å². The molecular weight excluding hydrogens is 202 g/mol. The standard InChI is InChI=1S/C9H10F2N4/c10-8(11)6-3-5(4-13)7(1-2-12)15-9(6)14/h3,8H,1,4,13H2,(H2,14,15). The minimum atomic E-state index is -2.68. The summed E-state index contributed by atoms with van der Waals surface area (Å²) in [5.74, 6) is -0.243. The average Bonchev–Trinajstić information content (AvgIpc) is 2.18. The summed E-state index contributed by atoms with van der Waals surface area (Å²) in [4.78, 5) is 3.75. The van der Waals surface area contributed by atoms with Gasteiger partial charge in [0, 0.05) is 6.54 Å². The van der Waals surface area contributed by atoms with E-state index in [1.807, 2.05) is 6.07 Å². The number of hydrogen-bond donors (Lipinski definition) is 2. The van der Waals surface area contributed by atoms with Crippen LogP contribution in [0.4, 0.5) is 14.6 Å². The zero-order chi connectivity index (χ0) is 11.4. The van der Waals surface area contributed by atoms with Crippen LogP contribution in [0.3, 0.4) is 0 Å². The Morgan fingerprint density at radius 2 is 2.20 bits per heavy atom. The quantitative estimate of drug-likeness (QED) is 0.785. The molecule has 0 saturated carbocycles. The monoisotopic (exact) mass is 212 g/mol. The van der Waals surface area contributed by atoms with Crippen molar-refractivity contribution in [3.63, 3.8) is 0 Å². The molecule has 80 valence electrons. The lowest BCUT2D eigenvalue weighted by atomic mass is 10.1. The molecule has 0 spiro atoms. The topological polar surface area (TPSA) is 88.7 Å². The van der Waals surface area contributed by atoms with Crippen molar-refractivity contribution in [1.29, 1.82) is 5.26 Å². The van der Waals surface area contributed by atoms with E-state index in [0.717, 1.165) is 0 Å². The van der Waals surface area contributed by atoms with Crippen LogP contribution in [0.15, 0.2) is 6.07 Å². The van der Waals surface area contributed by atoms with Crippen LogP contribution < -0.4 is 11.5 Å². The van der Waals surface area contributed by atoms with Crippen LogP contribution in [0.1, 0.15) is 23.2 Å². The minimum Gasteiger partial charge on any atom is -0.383 e. The van der Waals surface area contributed by atoms with E-state index in [1.54, 1.807) is 0 Å². The fourth-order valence-electron chi connectivity index (χ4n) is 1.21. The molecule has 0 fully saturated rings. The van der Waals surface area contributed by atoms with Gasteiger partial charge in [-0.25, -0.2) is 13.8 Å². The Labute approximate surface area is 85.5 Å². The molecule has 0 aromatic carbocycles. The number of alkyl halides is 2. The highest BCUT2D eigenvalue weighted by Crippen LogP contribution is 2.25. The van der Waals surface area contributed by atoms with E-state index in [0.29, 0.717) is 11.3 Å². The SMILES string of the molecule is N#CCc1nc(N)c(C(F)F)cc1CN. The maximum atomic E-state index is 12.4. The molecule has 0 aliphatic carbocycles. The van der Waals surface area contributed by atoms with Gasteiger partial charge in [-0.1, -0.05) is 0 Å². The molecule has 1 rings (SSSR count). The van der Waals surface area contributed by atoms with E-state index >= 15 is 0 Å². The van der Waals surface area contributed by atoms with Gasteiger partial charge in [0.1, 0.15) is 5.82 Å². The molecule has 0 aliphatic rings. The van der Waals surface area contributed by atoms with Gasteiger partial charge in [0.25, 0.3) is 6.43 Å². The Kier molecular flexibility index (Phi) is 3.52. The summed E-state index contributed by atoms with van der Waals surface area (Å²) in [6.07, 6.45) is -2.67.